The Morgan fingerprint density at radius 2 is 2.11 bits per heavy atom. The summed E-state index contributed by atoms with van der Waals surface area (Å²) in [5.41, 5.74) is 6.32. The van der Waals surface area contributed by atoms with Crippen LogP contribution < -0.4 is 11.1 Å². The Bertz CT molecular complexity index is 560. The fraction of sp³-hybridized carbons (Fsp3) is 0.583. The van der Waals surface area contributed by atoms with Crippen LogP contribution in [-0.4, -0.2) is 37.9 Å². The molecule has 2 heterocycles. The second-order valence-electron chi connectivity index (χ2n) is 5.12. The standard InChI is InChI=1S/C12H18N6O/c13-12-16-10(9-6-15-18-11(9)17-12)14-5-7-1-3-8(19)4-2-7/h6-8,19H,1-5H2,(H4,13,14,15,16,17,18). The first-order valence-electron chi connectivity index (χ1n) is 6.61. The molecular weight excluding hydrogens is 244 g/mol. The van der Waals surface area contributed by atoms with E-state index in [0.717, 1.165) is 43.4 Å². The summed E-state index contributed by atoms with van der Waals surface area (Å²) in [6, 6.07) is 0. The van der Waals surface area contributed by atoms with Crippen LogP contribution in [0.4, 0.5) is 11.8 Å². The van der Waals surface area contributed by atoms with Gasteiger partial charge >= 0.3 is 0 Å². The number of fused-ring (bicyclic) bond motifs is 1. The minimum atomic E-state index is -0.119. The van der Waals surface area contributed by atoms with Crippen molar-refractivity contribution >= 4 is 22.8 Å². The van der Waals surface area contributed by atoms with Crippen molar-refractivity contribution in [3.05, 3.63) is 6.20 Å². The van der Waals surface area contributed by atoms with Crippen LogP contribution in [0.15, 0.2) is 6.20 Å². The zero-order valence-corrected chi connectivity index (χ0v) is 10.6. The molecule has 5 N–H and O–H groups in total. The maximum absolute atomic E-state index is 9.49. The molecule has 0 spiro atoms. The van der Waals surface area contributed by atoms with Crippen LogP contribution in [0.2, 0.25) is 0 Å². The molecule has 1 fully saturated rings. The first-order valence-corrected chi connectivity index (χ1v) is 6.61. The number of anilines is 2. The van der Waals surface area contributed by atoms with Crippen molar-refractivity contribution in [2.45, 2.75) is 31.8 Å². The van der Waals surface area contributed by atoms with Crippen molar-refractivity contribution in [3.63, 3.8) is 0 Å². The number of nitrogens with one attached hydrogen (secondary N) is 2. The van der Waals surface area contributed by atoms with Gasteiger partial charge in [0.15, 0.2) is 5.65 Å². The number of aliphatic hydroxyl groups excluding tert-OH is 1. The molecule has 0 amide bonds. The number of nitrogen functional groups attached to an aromatic ring is 1. The van der Waals surface area contributed by atoms with Crippen LogP contribution >= 0.6 is 0 Å². The van der Waals surface area contributed by atoms with Gasteiger partial charge in [-0.05, 0) is 31.6 Å². The Labute approximate surface area is 110 Å². The average Bonchev–Trinajstić information content (AvgIpc) is 2.85. The molecule has 0 radical (unpaired) electrons. The van der Waals surface area contributed by atoms with E-state index in [0.29, 0.717) is 11.6 Å². The molecule has 7 heteroatoms. The summed E-state index contributed by atoms with van der Waals surface area (Å²) in [6.45, 7) is 0.837. The van der Waals surface area contributed by atoms with Gasteiger partial charge in [0.2, 0.25) is 5.95 Å². The molecule has 0 bridgehead atoms. The van der Waals surface area contributed by atoms with Crippen molar-refractivity contribution in [2.75, 3.05) is 17.6 Å². The van der Waals surface area contributed by atoms with E-state index in [1.807, 2.05) is 0 Å². The summed E-state index contributed by atoms with van der Waals surface area (Å²) >= 11 is 0. The molecule has 0 aromatic carbocycles. The van der Waals surface area contributed by atoms with E-state index < -0.39 is 0 Å². The monoisotopic (exact) mass is 262 g/mol. The predicted octanol–water partition coefficient (Wildman–Crippen LogP) is 0.898. The van der Waals surface area contributed by atoms with E-state index in [1.54, 1.807) is 6.20 Å². The van der Waals surface area contributed by atoms with Crippen LogP contribution in [0, 0.1) is 5.92 Å². The highest BCUT2D eigenvalue weighted by Gasteiger charge is 2.19. The lowest BCUT2D eigenvalue weighted by Gasteiger charge is -2.25. The van der Waals surface area contributed by atoms with Crippen molar-refractivity contribution < 1.29 is 5.11 Å². The quantitative estimate of drug-likeness (QED) is 0.653. The first kappa shape index (κ1) is 12.2. The van der Waals surface area contributed by atoms with Gasteiger partial charge in [0.1, 0.15) is 5.82 Å². The highest BCUT2D eigenvalue weighted by atomic mass is 16.3. The smallest absolute Gasteiger partial charge is 0.224 e. The number of aromatic amines is 1. The molecule has 19 heavy (non-hydrogen) atoms. The fourth-order valence-corrected chi connectivity index (χ4v) is 2.58. The fourth-order valence-electron chi connectivity index (χ4n) is 2.58. The third-order valence-corrected chi connectivity index (χ3v) is 3.70. The van der Waals surface area contributed by atoms with Gasteiger partial charge in [0, 0.05) is 6.54 Å². The highest BCUT2D eigenvalue weighted by Crippen LogP contribution is 2.25. The Morgan fingerprint density at radius 1 is 1.32 bits per heavy atom. The minimum absolute atomic E-state index is 0.119. The zero-order valence-electron chi connectivity index (χ0n) is 10.6. The van der Waals surface area contributed by atoms with E-state index in [2.05, 4.69) is 25.5 Å². The molecule has 0 unspecified atom stereocenters. The maximum atomic E-state index is 9.49. The van der Waals surface area contributed by atoms with Crippen molar-refractivity contribution in [1.82, 2.24) is 20.2 Å². The molecule has 1 aliphatic carbocycles. The molecule has 2 aromatic heterocycles. The van der Waals surface area contributed by atoms with Gasteiger partial charge in [-0.15, -0.1) is 0 Å². The van der Waals surface area contributed by atoms with E-state index in [-0.39, 0.29) is 12.1 Å². The number of aliphatic hydroxyl groups is 1. The Balaban J connectivity index is 1.69. The summed E-state index contributed by atoms with van der Waals surface area (Å²) < 4.78 is 0. The second kappa shape index (κ2) is 5.00. The summed E-state index contributed by atoms with van der Waals surface area (Å²) in [5.74, 6) is 1.53. The molecule has 1 aliphatic rings. The van der Waals surface area contributed by atoms with Crippen LogP contribution in [0.5, 0.6) is 0 Å². The molecule has 0 saturated heterocycles. The number of H-pyrrole nitrogens is 1. The van der Waals surface area contributed by atoms with Crippen molar-refractivity contribution in [1.29, 1.82) is 0 Å². The Hall–Kier alpha value is -1.89. The maximum Gasteiger partial charge on any atom is 0.224 e. The largest absolute Gasteiger partial charge is 0.393 e. The second-order valence-corrected chi connectivity index (χ2v) is 5.12. The Morgan fingerprint density at radius 3 is 2.89 bits per heavy atom. The number of hydrogen-bond donors (Lipinski definition) is 4. The number of nitrogens with two attached hydrogens (primary N) is 1. The predicted molar refractivity (Wildman–Crippen MR) is 72.6 cm³/mol. The van der Waals surface area contributed by atoms with Gasteiger partial charge in [-0.2, -0.15) is 15.1 Å². The molecule has 2 aromatic rings. The van der Waals surface area contributed by atoms with Crippen molar-refractivity contribution in [3.8, 4) is 0 Å². The molecular formula is C12H18N6O. The molecule has 102 valence electrons. The van der Waals surface area contributed by atoms with E-state index in [1.165, 1.54) is 0 Å². The zero-order chi connectivity index (χ0) is 13.2. The van der Waals surface area contributed by atoms with Gasteiger partial charge in [0.25, 0.3) is 0 Å². The molecule has 0 atom stereocenters. The van der Waals surface area contributed by atoms with E-state index in [9.17, 15) is 5.11 Å². The normalized spacial score (nSPS) is 23.6. The number of nitrogens with zero attached hydrogens (tertiary/aromatic N) is 3. The van der Waals surface area contributed by atoms with Crippen LogP contribution in [-0.2, 0) is 0 Å². The first-order chi connectivity index (χ1) is 9.22. The minimum Gasteiger partial charge on any atom is -0.393 e. The van der Waals surface area contributed by atoms with Crippen LogP contribution in [0.3, 0.4) is 0 Å². The molecule has 1 saturated carbocycles. The molecule has 7 nitrogen and oxygen atoms in total. The lowest BCUT2D eigenvalue weighted by Crippen LogP contribution is -2.24. The van der Waals surface area contributed by atoms with Gasteiger partial charge < -0.3 is 16.2 Å². The van der Waals surface area contributed by atoms with Gasteiger partial charge in [-0.25, -0.2) is 0 Å². The number of aromatic nitrogens is 4. The summed E-state index contributed by atoms with van der Waals surface area (Å²) in [5, 5.41) is 20.4. The van der Waals surface area contributed by atoms with Crippen LogP contribution in [0.25, 0.3) is 11.0 Å². The summed E-state index contributed by atoms with van der Waals surface area (Å²) in [6.07, 6.45) is 5.44. The summed E-state index contributed by atoms with van der Waals surface area (Å²) in [4.78, 5) is 8.30. The number of hydrogen-bond acceptors (Lipinski definition) is 6. The third kappa shape index (κ3) is 2.60. The lowest BCUT2D eigenvalue weighted by atomic mass is 9.87. The van der Waals surface area contributed by atoms with E-state index in [4.69, 9.17) is 5.73 Å². The van der Waals surface area contributed by atoms with Gasteiger partial charge in [-0.1, -0.05) is 0 Å². The van der Waals surface area contributed by atoms with Gasteiger partial charge in [0.05, 0.1) is 17.7 Å². The van der Waals surface area contributed by atoms with Crippen LogP contribution in [0.1, 0.15) is 25.7 Å². The topological polar surface area (TPSA) is 113 Å². The number of rotatable bonds is 3. The highest BCUT2D eigenvalue weighted by molar-refractivity contribution is 5.86. The molecule has 0 aliphatic heterocycles. The third-order valence-electron chi connectivity index (χ3n) is 3.70. The summed E-state index contributed by atoms with van der Waals surface area (Å²) in [7, 11) is 0. The lowest BCUT2D eigenvalue weighted by molar-refractivity contribution is 0.111. The van der Waals surface area contributed by atoms with E-state index >= 15 is 0 Å². The molecule has 3 rings (SSSR count). The SMILES string of the molecule is Nc1nc(NCC2CCC(O)CC2)c2cn[nH]c2n1. The van der Waals surface area contributed by atoms with Crippen molar-refractivity contribution in [2.24, 2.45) is 5.92 Å². The Kier molecular flexibility index (Phi) is 3.20. The van der Waals surface area contributed by atoms with Gasteiger partial charge in [-0.3, -0.25) is 5.10 Å². The average molecular weight is 262 g/mol.